The van der Waals surface area contributed by atoms with E-state index < -0.39 is 5.91 Å². The number of anilines is 2. The van der Waals surface area contributed by atoms with Gasteiger partial charge in [-0.15, -0.1) is 0 Å². The van der Waals surface area contributed by atoms with E-state index in [0.717, 1.165) is 5.69 Å². The van der Waals surface area contributed by atoms with Crippen molar-refractivity contribution in [1.82, 2.24) is 10.2 Å². The van der Waals surface area contributed by atoms with Crippen molar-refractivity contribution in [3.63, 3.8) is 0 Å². The number of carbonyl (C=O) groups is 2. The number of carbonyl (C=O) groups excluding carboxylic acids is 2. The maximum absolute atomic E-state index is 13.1. The van der Waals surface area contributed by atoms with E-state index in [1.54, 1.807) is 24.3 Å². The summed E-state index contributed by atoms with van der Waals surface area (Å²) in [5.41, 5.74) is 1.86. The van der Waals surface area contributed by atoms with Crippen LogP contribution in [-0.2, 0) is 4.79 Å². The van der Waals surface area contributed by atoms with Gasteiger partial charge in [-0.3, -0.25) is 14.9 Å². The second-order valence-corrected chi connectivity index (χ2v) is 9.24. The molecule has 0 unspecified atom stereocenters. The Kier molecular flexibility index (Phi) is 10.8. The number of benzene rings is 2. The van der Waals surface area contributed by atoms with Crippen LogP contribution in [0, 0.1) is 0 Å². The van der Waals surface area contributed by atoms with Crippen LogP contribution >= 0.6 is 23.8 Å². The summed E-state index contributed by atoms with van der Waals surface area (Å²) in [6, 6.07) is 8.68. The molecule has 1 fully saturated rings. The van der Waals surface area contributed by atoms with Gasteiger partial charge in [0.1, 0.15) is 0 Å². The molecule has 2 aromatic rings. The van der Waals surface area contributed by atoms with Crippen LogP contribution in [0.15, 0.2) is 30.3 Å². The Balaban J connectivity index is 1.76. The fourth-order valence-corrected chi connectivity index (χ4v) is 4.53. The molecule has 1 saturated heterocycles. The standard InChI is InChI=1S/C27H35ClN4O5S/c1-5-24(33)32-13-11-31(12-14-32)21-10-9-19(28)17-20(21)29-27(38)30-26(34)18-15-22(35-6-2)25(37-8-4)23(16-18)36-7-3/h9-10,15-17H,5-8,11-14H2,1-4H3,(H2,29,30,34,38). The lowest BCUT2D eigenvalue weighted by Gasteiger charge is -2.37. The van der Waals surface area contributed by atoms with Gasteiger partial charge < -0.3 is 29.3 Å². The van der Waals surface area contributed by atoms with Gasteiger partial charge in [-0.2, -0.15) is 0 Å². The molecule has 1 heterocycles. The van der Waals surface area contributed by atoms with Crippen molar-refractivity contribution in [2.45, 2.75) is 34.1 Å². The largest absolute Gasteiger partial charge is 0.490 e. The van der Waals surface area contributed by atoms with Gasteiger partial charge in [-0.25, -0.2) is 0 Å². The fourth-order valence-electron chi connectivity index (χ4n) is 4.15. The molecule has 0 spiro atoms. The summed E-state index contributed by atoms with van der Waals surface area (Å²) in [6.07, 6.45) is 0.494. The minimum absolute atomic E-state index is 0.114. The highest BCUT2D eigenvalue weighted by Crippen LogP contribution is 2.39. The van der Waals surface area contributed by atoms with Crippen LogP contribution in [0.1, 0.15) is 44.5 Å². The van der Waals surface area contributed by atoms with Crippen LogP contribution in [0.2, 0.25) is 5.02 Å². The number of nitrogens with one attached hydrogen (secondary N) is 2. The Morgan fingerprint density at radius 2 is 1.53 bits per heavy atom. The lowest BCUT2D eigenvalue weighted by molar-refractivity contribution is -0.131. The van der Waals surface area contributed by atoms with Crippen LogP contribution in [0.25, 0.3) is 0 Å². The highest BCUT2D eigenvalue weighted by atomic mass is 35.5. The maximum Gasteiger partial charge on any atom is 0.257 e. The number of amides is 2. The number of hydrogen-bond acceptors (Lipinski definition) is 7. The smallest absolute Gasteiger partial charge is 0.257 e. The van der Waals surface area contributed by atoms with E-state index >= 15 is 0 Å². The Morgan fingerprint density at radius 3 is 2.08 bits per heavy atom. The van der Waals surface area contributed by atoms with Gasteiger partial charge in [0.25, 0.3) is 5.91 Å². The number of nitrogens with zero attached hydrogens (tertiary/aromatic N) is 2. The number of hydrogen-bond donors (Lipinski definition) is 2. The van der Waals surface area contributed by atoms with Crippen molar-refractivity contribution >= 4 is 52.1 Å². The van der Waals surface area contributed by atoms with E-state index in [2.05, 4.69) is 15.5 Å². The summed E-state index contributed by atoms with van der Waals surface area (Å²) in [7, 11) is 0. The Labute approximate surface area is 234 Å². The van der Waals surface area contributed by atoms with E-state index in [1.807, 2.05) is 38.7 Å². The van der Waals surface area contributed by atoms with Crippen molar-refractivity contribution in [2.75, 3.05) is 56.2 Å². The first-order chi connectivity index (χ1) is 18.3. The average Bonchev–Trinajstić information content (AvgIpc) is 2.90. The SMILES string of the molecule is CCOc1cc(C(=O)NC(=S)Nc2cc(Cl)ccc2N2CCN(C(=O)CC)CC2)cc(OCC)c1OCC. The van der Waals surface area contributed by atoms with Crippen LogP contribution in [-0.4, -0.2) is 67.8 Å². The first kappa shape index (κ1) is 29.3. The summed E-state index contributed by atoms with van der Waals surface area (Å²) in [5.74, 6) is 1.02. The molecule has 0 atom stereocenters. The van der Waals surface area contributed by atoms with Crippen molar-refractivity contribution in [3.8, 4) is 17.2 Å². The minimum atomic E-state index is -0.428. The van der Waals surface area contributed by atoms with Gasteiger partial charge in [0.15, 0.2) is 16.6 Å². The molecular weight excluding hydrogens is 528 g/mol. The monoisotopic (exact) mass is 562 g/mol. The number of halogens is 1. The van der Waals surface area contributed by atoms with E-state index in [1.165, 1.54) is 0 Å². The molecule has 3 rings (SSSR count). The molecule has 206 valence electrons. The molecule has 1 aliphatic heterocycles. The highest BCUT2D eigenvalue weighted by Gasteiger charge is 2.23. The van der Waals surface area contributed by atoms with E-state index in [-0.39, 0.29) is 11.0 Å². The van der Waals surface area contributed by atoms with Crippen molar-refractivity contribution in [1.29, 1.82) is 0 Å². The van der Waals surface area contributed by atoms with Crippen molar-refractivity contribution in [3.05, 3.63) is 40.9 Å². The molecule has 0 aliphatic carbocycles. The summed E-state index contributed by atoms with van der Waals surface area (Å²) in [4.78, 5) is 29.2. The summed E-state index contributed by atoms with van der Waals surface area (Å²) in [5, 5.41) is 6.48. The zero-order chi connectivity index (χ0) is 27.7. The number of ether oxygens (including phenoxy) is 3. The summed E-state index contributed by atoms with van der Waals surface area (Å²) in [6.45, 7) is 11.3. The Bertz CT molecular complexity index is 1130. The van der Waals surface area contributed by atoms with Crippen LogP contribution in [0.4, 0.5) is 11.4 Å². The van der Waals surface area contributed by atoms with E-state index in [0.29, 0.717) is 85.9 Å². The van der Waals surface area contributed by atoms with Crippen molar-refractivity contribution < 1.29 is 23.8 Å². The predicted octanol–water partition coefficient (Wildman–Crippen LogP) is 4.72. The van der Waals surface area contributed by atoms with Crippen LogP contribution in [0.5, 0.6) is 17.2 Å². The molecule has 38 heavy (non-hydrogen) atoms. The molecule has 0 saturated carbocycles. The number of thiocarbonyl (C=S) groups is 1. The van der Waals surface area contributed by atoms with Gasteiger partial charge in [0.2, 0.25) is 11.7 Å². The van der Waals surface area contributed by atoms with E-state index in [4.69, 9.17) is 38.0 Å². The normalized spacial score (nSPS) is 13.1. The zero-order valence-corrected chi connectivity index (χ0v) is 23.8. The van der Waals surface area contributed by atoms with Crippen LogP contribution in [0.3, 0.4) is 0 Å². The predicted molar refractivity (Wildman–Crippen MR) is 154 cm³/mol. The van der Waals surface area contributed by atoms with Crippen molar-refractivity contribution in [2.24, 2.45) is 0 Å². The molecule has 11 heteroatoms. The molecule has 2 N–H and O–H groups in total. The Hall–Kier alpha value is -3.24. The van der Waals surface area contributed by atoms with Gasteiger partial charge in [0, 0.05) is 43.2 Å². The third kappa shape index (κ3) is 7.41. The molecule has 1 aliphatic rings. The average molecular weight is 563 g/mol. The summed E-state index contributed by atoms with van der Waals surface area (Å²) < 4.78 is 17.1. The maximum atomic E-state index is 13.1. The van der Waals surface area contributed by atoms with Gasteiger partial charge in [-0.05, 0) is 63.3 Å². The minimum Gasteiger partial charge on any atom is -0.490 e. The zero-order valence-electron chi connectivity index (χ0n) is 22.3. The lowest BCUT2D eigenvalue weighted by Crippen LogP contribution is -2.48. The topological polar surface area (TPSA) is 92.4 Å². The van der Waals surface area contributed by atoms with Gasteiger partial charge >= 0.3 is 0 Å². The first-order valence-corrected chi connectivity index (χ1v) is 13.6. The molecule has 2 aromatic carbocycles. The second kappa shape index (κ2) is 14.1. The second-order valence-electron chi connectivity index (χ2n) is 8.39. The quantitative estimate of drug-likeness (QED) is 0.402. The number of rotatable bonds is 10. The molecule has 0 radical (unpaired) electrons. The molecule has 9 nitrogen and oxygen atoms in total. The summed E-state index contributed by atoms with van der Waals surface area (Å²) >= 11 is 11.8. The molecule has 0 aromatic heterocycles. The van der Waals surface area contributed by atoms with Crippen LogP contribution < -0.4 is 29.7 Å². The van der Waals surface area contributed by atoms with E-state index in [9.17, 15) is 9.59 Å². The third-order valence-corrected chi connectivity index (χ3v) is 6.32. The Morgan fingerprint density at radius 1 is 0.921 bits per heavy atom. The third-order valence-electron chi connectivity index (χ3n) is 5.88. The van der Waals surface area contributed by atoms with Gasteiger partial charge in [0.05, 0.1) is 31.2 Å². The number of piperazine rings is 1. The molecule has 2 amide bonds. The molecule has 0 bridgehead atoms. The van der Waals surface area contributed by atoms with Gasteiger partial charge in [-0.1, -0.05) is 18.5 Å². The first-order valence-electron chi connectivity index (χ1n) is 12.8. The highest BCUT2D eigenvalue weighted by molar-refractivity contribution is 7.80. The molecular formula is C27H35ClN4O5S. The fraction of sp³-hybridized carbons (Fsp3) is 0.444. The lowest BCUT2D eigenvalue weighted by atomic mass is 10.1.